The number of amides is 2. The van der Waals surface area contributed by atoms with Crippen molar-refractivity contribution in [3.05, 3.63) is 28.8 Å². The number of hydrogen-bond donors (Lipinski definition) is 1. The molecule has 1 aliphatic heterocycles. The molecule has 20 heavy (non-hydrogen) atoms. The average molecular weight is 300 g/mol. The van der Waals surface area contributed by atoms with Gasteiger partial charge in [0.15, 0.2) is 6.61 Å². The average Bonchev–Trinajstić information content (AvgIpc) is 2.83. The summed E-state index contributed by atoms with van der Waals surface area (Å²) in [5.41, 5.74) is -0.158. The molecule has 1 aromatic rings. The summed E-state index contributed by atoms with van der Waals surface area (Å²) in [6, 6.07) is 4.01. The molecule has 8 heteroatoms. The molecule has 2 amide bonds. The first-order chi connectivity index (χ1) is 9.49. The zero-order valence-electron chi connectivity index (χ0n) is 10.2. The number of halogens is 1. The Balaban J connectivity index is 2.05. The van der Waals surface area contributed by atoms with Crippen LogP contribution in [-0.2, 0) is 9.53 Å². The van der Waals surface area contributed by atoms with E-state index in [-0.39, 0.29) is 29.5 Å². The van der Waals surface area contributed by atoms with Crippen molar-refractivity contribution in [3.8, 4) is 5.75 Å². The first-order valence-corrected chi connectivity index (χ1v) is 5.99. The van der Waals surface area contributed by atoms with Crippen LogP contribution in [0.3, 0.4) is 0 Å². The predicted molar refractivity (Wildman–Crippen MR) is 67.0 cm³/mol. The van der Waals surface area contributed by atoms with Gasteiger partial charge in [-0.1, -0.05) is 11.6 Å². The van der Waals surface area contributed by atoms with E-state index in [1.807, 2.05) is 0 Å². The number of hydrogen-bond acceptors (Lipinski definition) is 5. The number of benzene rings is 1. The van der Waals surface area contributed by atoms with Gasteiger partial charge in [0, 0.05) is 5.02 Å². The Labute approximate surface area is 118 Å². The van der Waals surface area contributed by atoms with E-state index in [1.54, 1.807) is 0 Å². The van der Waals surface area contributed by atoms with E-state index in [2.05, 4.69) is 4.74 Å². The summed E-state index contributed by atoms with van der Waals surface area (Å²) in [6.45, 7) is -0.156. The fourth-order valence-corrected chi connectivity index (χ4v) is 1.80. The van der Waals surface area contributed by atoms with Crippen molar-refractivity contribution in [3.63, 3.8) is 0 Å². The van der Waals surface area contributed by atoms with Crippen LogP contribution in [0.1, 0.15) is 10.4 Å². The van der Waals surface area contributed by atoms with E-state index in [1.165, 1.54) is 18.2 Å². The van der Waals surface area contributed by atoms with Gasteiger partial charge in [0.05, 0.1) is 6.54 Å². The van der Waals surface area contributed by atoms with E-state index in [9.17, 15) is 14.4 Å². The highest BCUT2D eigenvalue weighted by molar-refractivity contribution is 6.31. The van der Waals surface area contributed by atoms with Crippen LogP contribution in [0.5, 0.6) is 5.75 Å². The Hall–Kier alpha value is -2.28. The van der Waals surface area contributed by atoms with Crippen LogP contribution >= 0.6 is 11.6 Å². The molecule has 1 aromatic carbocycles. The second-order valence-electron chi connectivity index (χ2n) is 3.89. The molecule has 1 fully saturated rings. The first-order valence-electron chi connectivity index (χ1n) is 5.62. The van der Waals surface area contributed by atoms with Gasteiger partial charge in [-0.3, -0.25) is 4.79 Å². The normalized spacial score (nSPS) is 14.1. The topological polar surface area (TPSA) is 93.1 Å². The highest BCUT2D eigenvalue weighted by atomic mass is 35.5. The monoisotopic (exact) mass is 299 g/mol. The van der Waals surface area contributed by atoms with Crippen molar-refractivity contribution in [2.75, 3.05) is 19.8 Å². The quantitative estimate of drug-likeness (QED) is 0.903. The molecule has 1 N–H and O–H groups in total. The molecule has 0 aromatic heterocycles. The number of carboxylic acids is 1. The van der Waals surface area contributed by atoms with Gasteiger partial charge in [-0.25, -0.2) is 14.5 Å². The zero-order valence-corrected chi connectivity index (χ0v) is 10.9. The summed E-state index contributed by atoms with van der Waals surface area (Å²) < 4.78 is 9.75. The lowest BCUT2D eigenvalue weighted by molar-refractivity contribution is -0.129. The van der Waals surface area contributed by atoms with Crippen molar-refractivity contribution in [2.45, 2.75) is 0 Å². The smallest absolute Gasteiger partial charge is 0.416 e. The lowest BCUT2D eigenvalue weighted by atomic mass is 10.2. The van der Waals surface area contributed by atoms with Crippen molar-refractivity contribution in [1.29, 1.82) is 0 Å². The molecule has 0 spiro atoms. The third-order valence-electron chi connectivity index (χ3n) is 2.59. The summed E-state index contributed by atoms with van der Waals surface area (Å²) in [5.74, 6) is -1.82. The molecule has 2 rings (SSSR count). The molecule has 0 unspecified atom stereocenters. The molecule has 1 saturated heterocycles. The summed E-state index contributed by atoms with van der Waals surface area (Å²) in [6.07, 6.45) is -0.729. The molecule has 0 saturated carbocycles. The van der Waals surface area contributed by atoms with Crippen LogP contribution in [0, 0.1) is 0 Å². The van der Waals surface area contributed by atoms with Gasteiger partial charge in [0.2, 0.25) is 0 Å². The molecule has 0 aliphatic carbocycles. The van der Waals surface area contributed by atoms with Crippen LogP contribution in [0.25, 0.3) is 0 Å². The van der Waals surface area contributed by atoms with E-state index < -0.39 is 24.6 Å². The maximum absolute atomic E-state index is 11.7. The molecule has 106 valence electrons. The van der Waals surface area contributed by atoms with Gasteiger partial charge < -0.3 is 14.6 Å². The van der Waals surface area contributed by atoms with Gasteiger partial charge in [0.25, 0.3) is 5.91 Å². The Morgan fingerprint density at radius 3 is 2.80 bits per heavy atom. The van der Waals surface area contributed by atoms with Crippen LogP contribution in [0.2, 0.25) is 5.02 Å². The molecular formula is C12H10ClNO6. The maximum Gasteiger partial charge on any atom is 0.416 e. The highest BCUT2D eigenvalue weighted by Crippen LogP contribution is 2.23. The fraction of sp³-hybridized carbons (Fsp3) is 0.250. The molecule has 1 aliphatic rings. The maximum atomic E-state index is 11.7. The first kappa shape index (κ1) is 14.1. The van der Waals surface area contributed by atoms with Crippen LogP contribution in [0.15, 0.2) is 18.2 Å². The molecule has 0 radical (unpaired) electrons. The number of carbonyl (C=O) groups excluding carboxylic acids is 2. The van der Waals surface area contributed by atoms with Gasteiger partial charge in [-0.2, -0.15) is 0 Å². The van der Waals surface area contributed by atoms with Crippen molar-refractivity contribution in [2.24, 2.45) is 0 Å². The third kappa shape index (κ3) is 3.00. The second-order valence-corrected chi connectivity index (χ2v) is 4.33. The Morgan fingerprint density at radius 2 is 2.20 bits per heavy atom. The van der Waals surface area contributed by atoms with Gasteiger partial charge in [-0.15, -0.1) is 0 Å². The summed E-state index contributed by atoms with van der Waals surface area (Å²) in [4.78, 5) is 34.8. The van der Waals surface area contributed by atoms with E-state index in [0.29, 0.717) is 0 Å². The van der Waals surface area contributed by atoms with Gasteiger partial charge in [-0.05, 0) is 18.2 Å². The minimum atomic E-state index is -1.23. The second kappa shape index (κ2) is 5.79. The molecule has 1 heterocycles. The number of aromatic carboxylic acids is 1. The van der Waals surface area contributed by atoms with Crippen LogP contribution < -0.4 is 4.74 Å². The fourth-order valence-electron chi connectivity index (χ4n) is 1.63. The Bertz CT molecular complexity index is 573. The molecular weight excluding hydrogens is 290 g/mol. The lowest BCUT2D eigenvalue weighted by Gasteiger charge is -2.13. The SMILES string of the molecule is O=C(O)c1cc(Cl)ccc1OCC(=O)N1CCOC1=O. The van der Waals surface area contributed by atoms with E-state index >= 15 is 0 Å². The number of rotatable bonds is 4. The van der Waals surface area contributed by atoms with Crippen LogP contribution in [-0.4, -0.2) is 47.7 Å². The number of imide groups is 1. The van der Waals surface area contributed by atoms with Crippen LogP contribution in [0.4, 0.5) is 4.79 Å². The predicted octanol–water partition coefficient (Wildman–Crippen LogP) is 1.40. The van der Waals surface area contributed by atoms with Crippen molar-refractivity contribution in [1.82, 2.24) is 4.90 Å². The summed E-state index contributed by atoms with van der Waals surface area (Å²) in [7, 11) is 0. The summed E-state index contributed by atoms with van der Waals surface area (Å²) >= 11 is 5.69. The number of cyclic esters (lactones) is 1. The molecule has 0 bridgehead atoms. The lowest BCUT2D eigenvalue weighted by Crippen LogP contribution is -2.35. The van der Waals surface area contributed by atoms with Gasteiger partial charge >= 0.3 is 12.1 Å². The molecule has 0 atom stereocenters. The summed E-state index contributed by atoms with van der Waals surface area (Å²) in [5, 5.41) is 9.24. The van der Waals surface area contributed by atoms with E-state index in [0.717, 1.165) is 4.90 Å². The number of ether oxygens (including phenoxy) is 2. The Kier molecular flexibility index (Phi) is 4.09. The van der Waals surface area contributed by atoms with Gasteiger partial charge in [0.1, 0.15) is 17.9 Å². The number of carboxylic acid groups (broad SMARTS) is 1. The largest absolute Gasteiger partial charge is 0.483 e. The standard InChI is InChI=1S/C12H10ClNO6/c13-7-1-2-9(8(5-7)11(16)17)20-6-10(15)14-3-4-19-12(14)18/h1-2,5H,3-4,6H2,(H,16,17). The highest BCUT2D eigenvalue weighted by Gasteiger charge is 2.28. The third-order valence-corrected chi connectivity index (χ3v) is 2.82. The van der Waals surface area contributed by atoms with Crippen molar-refractivity contribution >= 4 is 29.6 Å². The minimum absolute atomic E-state index is 0.00261. The number of nitrogens with zero attached hydrogens (tertiary/aromatic N) is 1. The van der Waals surface area contributed by atoms with E-state index in [4.69, 9.17) is 21.4 Å². The number of carbonyl (C=O) groups is 3. The van der Waals surface area contributed by atoms with Crippen molar-refractivity contribution < 1.29 is 29.0 Å². The Morgan fingerprint density at radius 1 is 1.45 bits per heavy atom. The minimum Gasteiger partial charge on any atom is -0.483 e. The zero-order chi connectivity index (χ0) is 14.7. The molecule has 7 nitrogen and oxygen atoms in total.